The number of pyridine rings is 1. The average Bonchev–Trinajstić information content (AvgIpc) is 2.89. The number of aromatic nitrogens is 2. The van der Waals surface area contributed by atoms with Crippen LogP contribution in [0.25, 0.3) is 16.9 Å². The van der Waals surface area contributed by atoms with Crippen LogP contribution < -0.4 is 14.8 Å². The zero-order valence-electron chi connectivity index (χ0n) is 15.7. The first-order valence-corrected chi connectivity index (χ1v) is 9.77. The van der Waals surface area contributed by atoms with Crippen LogP contribution in [0.3, 0.4) is 0 Å². The van der Waals surface area contributed by atoms with Crippen molar-refractivity contribution in [1.29, 1.82) is 0 Å². The fraction of sp³-hybridized carbons (Fsp3) is 0.381. The lowest BCUT2D eigenvalue weighted by Gasteiger charge is -2.21. The third-order valence-corrected chi connectivity index (χ3v) is 5.30. The number of hydrogen-bond donors (Lipinski definition) is 1. The first kappa shape index (κ1) is 17.5. The Bertz CT molecular complexity index is 995. The predicted octanol–water partition coefficient (Wildman–Crippen LogP) is 2.71. The van der Waals surface area contributed by atoms with Crippen LogP contribution in [0, 0.1) is 5.82 Å². The molecule has 0 spiro atoms. The smallest absolute Gasteiger partial charge is 0.162 e. The molecular formula is C21H23FN4O2. The molecule has 6 nitrogen and oxygen atoms in total. The molecule has 146 valence electrons. The SMILES string of the molecule is Fc1ccc2nc(-c3ccc4c(c3)OCCO4)c(CN3CCCNCC3)n2c1. The minimum absolute atomic E-state index is 0.266. The summed E-state index contributed by atoms with van der Waals surface area (Å²) in [4.78, 5) is 7.22. The third-order valence-electron chi connectivity index (χ3n) is 5.30. The summed E-state index contributed by atoms with van der Waals surface area (Å²) >= 11 is 0. The topological polar surface area (TPSA) is 51.0 Å². The zero-order valence-corrected chi connectivity index (χ0v) is 15.7. The number of benzene rings is 1. The van der Waals surface area contributed by atoms with Gasteiger partial charge in [0.25, 0.3) is 0 Å². The number of hydrogen-bond acceptors (Lipinski definition) is 5. The van der Waals surface area contributed by atoms with E-state index in [9.17, 15) is 4.39 Å². The quantitative estimate of drug-likeness (QED) is 0.755. The summed E-state index contributed by atoms with van der Waals surface area (Å²) in [7, 11) is 0. The number of imidazole rings is 1. The lowest BCUT2D eigenvalue weighted by Crippen LogP contribution is -2.28. The summed E-state index contributed by atoms with van der Waals surface area (Å²) in [5, 5.41) is 3.43. The van der Waals surface area contributed by atoms with Gasteiger partial charge < -0.3 is 14.8 Å². The van der Waals surface area contributed by atoms with Gasteiger partial charge >= 0.3 is 0 Å². The minimum Gasteiger partial charge on any atom is -0.486 e. The van der Waals surface area contributed by atoms with Crippen molar-refractivity contribution in [2.24, 2.45) is 0 Å². The Kier molecular flexibility index (Phi) is 4.62. The van der Waals surface area contributed by atoms with Gasteiger partial charge in [0.2, 0.25) is 0 Å². The second-order valence-corrected chi connectivity index (χ2v) is 7.22. The Morgan fingerprint density at radius 1 is 1.04 bits per heavy atom. The lowest BCUT2D eigenvalue weighted by molar-refractivity contribution is 0.171. The summed E-state index contributed by atoms with van der Waals surface area (Å²) in [6, 6.07) is 9.08. The molecule has 2 aromatic heterocycles. The fourth-order valence-electron chi connectivity index (χ4n) is 3.91. The Morgan fingerprint density at radius 3 is 2.86 bits per heavy atom. The van der Waals surface area contributed by atoms with Crippen molar-refractivity contribution in [3.05, 3.63) is 48.0 Å². The molecule has 28 heavy (non-hydrogen) atoms. The van der Waals surface area contributed by atoms with Crippen molar-refractivity contribution in [2.75, 3.05) is 39.4 Å². The molecule has 0 unspecified atom stereocenters. The Labute approximate surface area is 162 Å². The Morgan fingerprint density at radius 2 is 1.93 bits per heavy atom. The van der Waals surface area contributed by atoms with Crippen molar-refractivity contribution >= 4 is 5.65 Å². The van der Waals surface area contributed by atoms with Gasteiger partial charge in [0, 0.05) is 31.4 Å². The van der Waals surface area contributed by atoms with Crippen molar-refractivity contribution in [3.63, 3.8) is 0 Å². The van der Waals surface area contributed by atoms with Crippen molar-refractivity contribution < 1.29 is 13.9 Å². The second-order valence-electron chi connectivity index (χ2n) is 7.22. The van der Waals surface area contributed by atoms with Crippen molar-refractivity contribution in [3.8, 4) is 22.8 Å². The van der Waals surface area contributed by atoms with E-state index in [1.807, 2.05) is 22.6 Å². The van der Waals surface area contributed by atoms with Crippen LogP contribution in [0.2, 0.25) is 0 Å². The first-order chi connectivity index (χ1) is 13.8. The molecular weight excluding hydrogens is 359 g/mol. The van der Waals surface area contributed by atoms with E-state index in [1.54, 1.807) is 6.07 Å². The van der Waals surface area contributed by atoms with Crippen LogP contribution in [0.4, 0.5) is 4.39 Å². The molecule has 5 rings (SSSR count). The highest BCUT2D eigenvalue weighted by Crippen LogP contribution is 2.36. The number of nitrogens with zero attached hydrogens (tertiary/aromatic N) is 3. The van der Waals surface area contributed by atoms with Crippen LogP contribution in [0.15, 0.2) is 36.5 Å². The Hall–Kier alpha value is -2.64. The van der Waals surface area contributed by atoms with Gasteiger partial charge in [-0.15, -0.1) is 0 Å². The van der Waals surface area contributed by atoms with E-state index in [0.717, 1.165) is 73.2 Å². The second kappa shape index (κ2) is 7.41. The molecule has 2 aliphatic heterocycles. The van der Waals surface area contributed by atoms with Gasteiger partial charge in [-0.05, 0) is 49.8 Å². The molecule has 0 amide bonds. The molecule has 0 saturated carbocycles. The molecule has 1 N–H and O–H groups in total. The summed E-state index contributed by atoms with van der Waals surface area (Å²) in [6.07, 6.45) is 2.62. The van der Waals surface area contributed by atoms with Crippen molar-refractivity contribution in [1.82, 2.24) is 19.6 Å². The minimum atomic E-state index is -0.266. The van der Waals surface area contributed by atoms with E-state index in [2.05, 4.69) is 10.2 Å². The monoisotopic (exact) mass is 382 g/mol. The maximum Gasteiger partial charge on any atom is 0.162 e. The normalized spacial score (nSPS) is 17.6. The van der Waals surface area contributed by atoms with E-state index in [-0.39, 0.29) is 5.82 Å². The number of rotatable bonds is 3. The molecule has 1 saturated heterocycles. The highest BCUT2D eigenvalue weighted by atomic mass is 19.1. The first-order valence-electron chi connectivity index (χ1n) is 9.77. The Balaban J connectivity index is 1.59. The summed E-state index contributed by atoms with van der Waals surface area (Å²) in [6.45, 7) is 5.79. The zero-order chi connectivity index (χ0) is 18.9. The highest BCUT2D eigenvalue weighted by molar-refractivity contribution is 5.69. The molecule has 0 radical (unpaired) electrons. The number of ether oxygens (including phenoxy) is 2. The highest BCUT2D eigenvalue weighted by Gasteiger charge is 2.20. The van der Waals surface area contributed by atoms with Gasteiger partial charge in [-0.25, -0.2) is 9.37 Å². The maximum atomic E-state index is 14.0. The van der Waals surface area contributed by atoms with Gasteiger partial charge in [0.05, 0.1) is 11.4 Å². The molecule has 0 atom stereocenters. The van der Waals surface area contributed by atoms with Crippen LogP contribution >= 0.6 is 0 Å². The van der Waals surface area contributed by atoms with E-state index in [0.29, 0.717) is 13.2 Å². The van der Waals surface area contributed by atoms with Gasteiger partial charge in [-0.1, -0.05) is 0 Å². The van der Waals surface area contributed by atoms with E-state index in [4.69, 9.17) is 14.5 Å². The van der Waals surface area contributed by atoms with E-state index >= 15 is 0 Å². The van der Waals surface area contributed by atoms with Crippen LogP contribution in [0.1, 0.15) is 12.1 Å². The van der Waals surface area contributed by atoms with Crippen LogP contribution in [0.5, 0.6) is 11.5 Å². The van der Waals surface area contributed by atoms with Gasteiger partial charge in [0.1, 0.15) is 24.7 Å². The summed E-state index contributed by atoms with van der Waals surface area (Å²) in [5.74, 6) is 1.22. The average molecular weight is 382 g/mol. The predicted molar refractivity (Wildman–Crippen MR) is 104 cm³/mol. The number of halogens is 1. The summed E-state index contributed by atoms with van der Waals surface area (Å²) in [5.41, 5.74) is 3.55. The van der Waals surface area contributed by atoms with Crippen LogP contribution in [-0.4, -0.2) is 53.7 Å². The lowest BCUT2D eigenvalue weighted by atomic mass is 10.1. The van der Waals surface area contributed by atoms with Gasteiger partial charge in [-0.3, -0.25) is 9.30 Å². The molecule has 0 aliphatic carbocycles. The van der Waals surface area contributed by atoms with Crippen molar-refractivity contribution in [2.45, 2.75) is 13.0 Å². The molecule has 0 bridgehead atoms. The molecule has 7 heteroatoms. The largest absolute Gasteiger partial charge is 0.486 e. The van der Waals surface area contributed by atoms with Gasteiger partial charge in [-0.2, -0.15) is 0 Å². The van der Waals surface area contributed by atoms with E-state index in [1.165, 1.54) is 12.3 Å². The standard InChI is InChI=1S/C21H23FN4O2/c22-16-3-5-20-24-21(15-2-4-18-19(12-15)28-11-10-27-18)17(26(20)13-16)14-25-8-1-6-23-7-9-25/h2-5,12-13,23H,1,6-11,14H2. The van der Waals surface area contributed by atoms with Crippen LogP contribution in [-0.2, 0) is 6.54 Å². The van der Waals surface area contributed by atoms with Gasteiger partial charge in [0.15, 0.2) is 11.5 Å². The molecule has 3 aromatic rings. The van der Waals surface area contributed by atoms with E-state index < -0.39 is 0 Å². The maximum absolute atomic E-state index is 14.0. The molecule has 4 heterocycles. The third kappa shape index (κ3) is 3.31. The molecule has 1 aromatic carbocycles. The molecule has 2 aliphatic rings. The summed E-state index contributed by atoms with van der Waals surface area (Å²) < 4.78 is 27.2. The fourth-order valence-corrected chi connectivity index (χ4v) is 3.91. The molecule has 1 fully saturated rings. The number of nitrogens with one attached hydrogen (secondary N) is 1. The number of fused-ring (bicyclic) bond motifs is 2.